The van der Waals surface area contributed by atoms with Gasteiger partial charge in [0.2, 0.25) is 0 Å². The van der Waals surface area contributed by atoms with Crippen LogP contribution in [0.2, 0.25) is 5.02 Å². The summed E-state index contributed by atoms with van der Waals surface area (Å²) in [6, 6.07) is 16.1. The summed E-state index contributed by atoms with van der Waals surface area (Å²) in [6.45, 7) is 1.50. The molecule has 0 saturated heterocycles. The van der Waals surface area contributed by atoms with Gasteiger partial charge in [0.15, 0.2) is 0 Å². The third-order valence-corrected chi connectivity index (χ3v) is 3.41. The summed E-state index contributed by atoms with van der Waals surface area (Å²) in [5.74, 6) is -0.0617. The Kier molecular flexibility index (Phi) is 6.69. The van der Waals surface area contributed by atoms with Gasteiger partial charge >= 0.3 is 0 Å². The molecule has 112 valence electrons. The normalized spacial score (nSPS) is 12.9. The van der Waals surface area contributed by atoms with Crippen LogP contribution in [0.15, 0.2) is 54.6 Å². The Bertz CT molecular complexity index is 573. The summed E-state index contributed by atoms with van der Waals surface area (Å²) in [7, 11) is 0. The molecule has 0 aliphatic carbocycles. The number of ketones is 1. The topological polar surface area (TPSA) is 55.1 Å². The second kappa shape index (κ2) is 8.03. The van der Waals surface area contributed by atoms with Gasteiger partial charge in [-0.2, -0.15) is 0 Å². The average Bonchev–Trinajstić information content (AvgIpc) is 2.46. The third-order valence-electron chi connectivity index (χ3n) is 3.15. The van der Waals surface area contributed by atoms with Crippen LogP contribution in [0.5, 0.6) is 0 Å². The number of para-hydroxylation sites is 1. The smallest absolute Gasteiger partial charge is 0.148 e. The molecule has 0 fully saturated rings. The van der Waals surface area contributed by atoms with E-state index in [9.17, 15) is 4.79 Å². The van der Waals surface area contributed by atoms with Crippen LogP contribution in [-0.4, -0.2) is 11.8 Å². The van der Waals surface area contributed by atoms with Crippen molar-refractivity contribution in [3.05, 3.63) is 65.2 Å². The first-order chi connectivity index (χ1) is 9.58. The van der Waals surface area contributed by atoms with Gasteiger partial charge in [-0.15, -0.1) is 12.4 Å². The molecule has 0 bridgehead atoms. The fourth-order valence-corrected chi connectivity index (χ4v) is 2.13. The van der Waals surface area contributed by atoms with Crippen molar-refractivity contribution in [1.82, 2.24) is 0 Å². The predicted molar refractivity (Wildman–Crippen MR) is 90.2 cm³/mol. The number of nitrogens with two attached hydrogens (primary N) is 1. The highest BCUT2D eigenvalue weighted by atomic mass is 35.5. The summed E-state index contributed by atoms with van der Waals surface area (Å²) in [5, 5.41) is 3.96. The Hall–Kier alpha value is -1.55. The van der Waals surface area contributed by atoms with Crippen LogP contribution in [0.3, 0.4) is 0 Å². The van der Waals surface area contributed by atoms with E-state index in [1.165, 1.54) is 6.92 Å². The van der Waals surface area contributed by atoms with Crippen LogP contribution in [0.25, 0.3) is 0 Å². The zero-order chi connectivity index (χ0) is 14.5. The zero-order valence-electron chi connectivity index (χ0n) is 11.6. The molecule has 0 radical (unpaired) electrons. The molecule has 0 spiro atoms. The first-order valence-corrected chi connectivity index (χ1v) is 6.79. The van der Waals surface area contributed by atoms with Crippen LogP contribution >= 0.6 is 24.0 Å². The molecule has 2 aromatic rings. The van der Waals surface area contributed by atoms with Gasteiger partial charge in [0.05, 0.1) is 12.1 Å². The van der Waals surface area contributed by atoms with Gasteiger partial charge in [-0.05, 0) is 36.8 Å². The van der Waals surface area contributed by atoms with Crippen LogP contribution in [0.1, 0.15) is 18.5 Å². The van der Waals surface area contributed by atoms with Crippen LogP contribution in [-0.2, 0) is 4.79 Å². The molecule has 0 saturated carbocycles. The molecule has 0 aromatic heterocycles. The van der Waals surface area contributed by atoms with E-state index >= 15 is 0 Å². The number of nitrogens with one attached hydrogen (secondary N) is 1. The van der Waals surface area contributed by atoms with E-state index in [4.69, 9.17) is 17.3 Å². The Balaban J connectivity index is 0.00000220. The van der Waals surface area contributed by atoms with E-state index in [2.05, 4.69) is 5.32 Å². The summed E-state index contributed by atoms with van der Waals surface area (Å²) < 4.78 is 0. The molecule has 0 amide bonds. The first-order valence-electron chi connectivity index (χ1n) is 6.41. The highest BCUT2D eigenvalue weighted by molar-refractivity contribution is 6.30. The molecule has 2 unspecified atom stereocenters. The van der Waals surface area contributed by atoms with Gasteiger partial charge in [-0.25, -0.2) is 0 Å². The van der Waals surface area contributed by atoms with Gasteiger partial charge in [-0.3, -0.25) is 4.79 Å². The number of carbonyl (C=O) groups excluding carboxylic acids is 1. The van der Waals surface area contributed by atoms with E-state index in [0.29, 0.717) is 5.02 Å². The van der Waals surface area contributed by atoms with Crippen molar-refractivity contribution in [2.75, 3.05) is 5.32 Å². The molecular formula is C16H18Cl2N2O. The number of benzene rings is 2. The minimum atomic E-state index is -0.614. The molecule has 2 rings (SSSR count). The van der Waals surface area contributed by atoms with Crippen molar-refractivity contribution in [3.63, 3.8) is 0 Å². The van der Waals surface area contributed by atoms with Gasteiger partial charge in [0.1, 0.15) is 5.78 Å². The SMILES string of the molecule is CC(=O)C(N)C(Nc1ccccc1)c1ccc(Cl)cc1.Cl. The molecule has 2 atom stereocenters. The molecular weight excluding hydrogens is 307 g/mol. The molecule has 2 aromatic carbocycles. The van der Waals surface area contributed by atoms with Crippen molar-refractivity contribution >= 4 is 35.5 Å². The summed E-state index contributed by atoms with van der Waals surface area (Å²) >= 11 is 5.90. The number of rotatable bonds is 5. The maximum Gasteiger partial charge on any atom is 0.148 e. The number of carbonyl (C=O) groups is 1. The molecule has 5 heteroatoms. The van der Waals surface area contributed by atoms with Crippen molar-refractivity contribution in [1.29, 1.82) is 0 Å². The molecule has 0 aliphatic heterocycles. The Morgan fingerprint density at radius 2 is 1.67 bits per heavy atom. The van der Waals surface area contributed by atoms with Crippen LogP contribution in [0, 0.1) is 0 Å². The second-order valence-corrected chi connectivity index (χ2v) is 5.11. The van der Waals surface area contributed by atoms with Crippen molar-refractivity contribution in [2.45, 2.75) is 19.0 Å². The third kappa shape index (κ3) is 4.74. The fourth-order valence-electron chi connectivity index (χ4n) is 2.00. The lowest BCUT2D eigenvalue weighted by Crippen LogP contribution is -2.39. The Morgan fingerprint density at radius 3 is 2.19 bits per heavy atom. The highest BCUT2D eigenvalue weighted by Crippen LogP contribution is 2.23. The number of hydrogen-bond donors (Lipinski definition) is 2. The van der Waals surface area contributed by atoms with Gasteiger partial charge in [0, 0.05) is 10.7 Å². The average molecular weight is 325 g/mol. The predicted octanol–water partition coefficient (Wildman–Crippen LogP) is 3.83. The second-order valence-electron chi connectivity index (χ2n) is 4.68. The molecule has 3 N–H and O–H groups in total. The maximum atomic E-state index is 11.6. The van der Waals surface area contributed by atoms with E-state index in [-0.39, 0.29) is 24.2 Å². The molecule has 3 nitrogen and oxygen atoms in total. The lowest BCUT2D eigenvalue weighted by molar-refractivity contribution is -0.118. The minimum Gasteiger partial charge on any atom is -0.376 e. The monoisotopic (exact) mass is 324 g/mol. The minimum absolute atomic E-state index is 0. The molecule has 21 heavy (non-hydrogen) atoms. The quantitative estimate of drug-likeness (QED) is 0.878. The largest absolute Gasteiger partial charge is 0.376 e. The number of hydrogen-bond acceptors (Lipinski definition) is 3. The highest BCUT2D eigenvalue weighted by Gasteiger charge is 2.23. The van der Waals surface area contributed by atoms with E-state index in [0.717, 1.165) is 11.3 Å². The van der Waals surface area contributed by atoms with E-state index in [1.54, 1.807) is 12.1 Å². The number of Topliss-reactive ketones (excluding diaryl/α,β-unsaturated/α-hetero) is 1. The Morgan fingerprint density at radius 1 is 1.10 bits per heavy atom. The Labute approximate surface area is 135 Å². The fraction of sp³-hybridized carbons (Fsp3) is 0.188. The van der Waals surface area contributed by atoms with E-state index < -0.39 is 6.04 Å². The van der Waals surface area contributed by atoms with Gasteiger partial charge in [0.25, 0.3) is 0 Å². The van der Waals surface area contributed by atoms with Crippen molar-refractivity contribution in [2.24, 2.45) is 5.73 Å². The summed E-state index contributed by atoms with van der Waals surface area (Å²) in [6.07, 6.45) is 0. The van der Waals surface area contributed by atoms with Crippen molar-refractivity contribution < 1.29 is 4.79 Å². The van der Waals surface area contributed by atoms with Crippen LogP contribution in [0.4, 0.5) is 5.69 Å². The van der Waals surface area contributed by atoms with E-state index in [1.807, 2.05) is 42.5 Å². The lowest BCUT2D eigenvalue weighted by atomic mass is 9.97. The molecule has 0 heterocycles. The van der Waals surface area contributed by atoms with Crippen molar-refractivity contribution in [3.8, 4) is 0 Å². The first kappa shape index (κ1) is 17.5. The zero-order valence-corrected chi connectivity index (χ0v) is 13.2. The molecule has 0 aliphatic rings. The number of anilines is 1. The van der Waals surface area contributed by atoms with Crippen LogP contribution < -0.4 is 11.1 Å². The summed E-state index contributed by atoms with van der Waals surface area (Å²) in [5.41, 5.74) is 7.89. The van der Waals surface area contributed by atoms with Gasteiger partial charge < -0.3 is 11.1 Å². The maximum absolute atomic E-state index is 11.6. The standard InChI is InChI=1S/C16H17ClN2O.ClH/c1-11(20)15(18)16(12-7-9-13(17)10-8-12)19-14-5-3-2-4-6-14;/h2-10,15-16,19H,18H2,1H3;1H. The lowest BCUT2D eigenvalue weighted by Gasteiger charge is -2.25. The number of halogens is 2. The van der Waals surface area contributed by atoms with Gasteiger partial charge in [-0.1, -0.05) is 41.9 Å². The summed E-state index contributed by atoms with van der Waals surface area (Å²) in [4.78, 5) is 11.6.